The van der Waals surface area contributed by atoms with E-state index < -0.39 is 37.6 Å². The van der Waals surface area contributed by atoms with Gasteiger partial charge in [0.1, 0.15) is 24.6 Å². The minimum Gasteiger partial charge on any atom is -0.492 e. The Morgan fingerprint density at radius 1 is 0.828 bits per heavy atom. The first-order valence-electron chi connectivity index (χ1n) is 9.99. The minimum absolute atomic E-state index is 0.0413. The molecule has 8 N–H and O–H groups in total. The molecular weight excluding hydrogens is 380 g/mol. The van der Waals surface area contributed by atoms with E-state index in [9.17, 15) is 20.4 Å². The van der Waals surface area contributed by atoms with Crippen LogP contribution in [0.5, 0.6) is 5.75 Å². The second-order valence-electron chi connectivity index (χ2n) is 7.13. The maximum atomic E-state index is 9.94. The van der Waals surface area contributed by atoms with Crippen molar-refractivity contribution in [2.75, 3.05) is 46.0 Å². The van der Waals surface area contributed by atoms with Crippen molar-refractivity contribution in [2.24, 2.45) is 5.73 Å². The molecule has 0 aromatic heterocycles. The molecule has 4 unspecified atom stereocenters. The SMILES string of the molecule is NCCCCc1ccc(OCCN(CC(O)C(O)CO)CC(O)C(O)CO)cc1. The number of unbranched alkanes of at least 4 members (excludes halogenated alkanes) is 1. The lowest BCUT2D eigenvalue weighted by atomic mass is 10.1. The van der Waals surface area contributed by atoms with Gasteiger partial charge in [-0.05, 0) is 43.5 Å². The molecule has 0 spiro atoms. The summed E-state index contributed by atoms with van der Waals surface area (Å²) in [6, 6.07) is 7.73. The van der Waals surface area contributed by atoms with Crippen LogP contribution in [0.3, 0.4) is 0 Å². The molecule has 0 amide bonds. The quantitative estimate of drug-likeness (QED) is 0.152. The lowest BCUT2D eigenvalue weighted by molar-refractivity contribution is -0.0551. The molecule has 1 aromatic rings. The van der Waals surface area contributed by atoms with Crippen LogP contribution in [-0.2, 0) is 6.42 Å². The third-order valence-electron chi connectivity index (χ3n) is 4.67. The Kier molecular flexibility index (Phi) is 13.0. The summed E-state index contributed by atoms with van der Waals surface area (Å²) in [6.07, 6.45) is -2.11. The van der Waals surface area contributed by atoms with Gasteiger partial charge in [-0.2, -0.15) is 0 Å². The van der Waals surface area contributed by atoms with Gasteiger partial charge in [-0.15, -0.1) is 0 Å². The van der Waals surface area contributed by atoms with E-state index in [4.69, 9.17) is 20.7 Å². The van der Waals surface area contributed by atoms with Gasteiger partial charge in [-0.3, -0.25) is 4.90 Å². The van der Waals surface area contributed by atoms with Crippen molar-refractivity contribution in [3.05, 3.63) is 29.8 Å². The first-order chi connectivity index (χ1) is 13.9. The maximum Gasteiger partial charge on any atom is 0.119 e. The van der Waals surface area contributed by atoms with Crippen molar-refractivity contribution in [2.45, 2.75) is 43.7 Å². The second-order valence-corrected chi connectivity index (χ2v) is 7.13. The number of hydrogen-bond acceptors (Lipinski definition) is 9. The van der Waals surface area contributed by atoms with Crippen molar-refractivity contribution in [1.29, 1.82) is 0 Å². The largest absolute Gasteiger partial charge is 0.492 e. The van der Waals surface area contributed by atoms with Crippen LogP contribution in [0.15, 0.2) is 24.3 Å². The molecule has 0 fully saturated rings. The fourth-order valence-corrected chi connectivity index (χ4v) is 2.79. The number of ether oxygens (including phenoxy) is 1. The lowest BCUT2D eigenvalue weighted by Crippen LogP contribution is -2.47. The van der Waals surface area contributed by atoms with Gasteiger partial charge in [0.2, 0.25) is 0 Å². The van der Waals surface area contributed by atoms with Gasteiger partial charge in [0.15, 0.2) is 0 Å². The van der Waals surface area contributed by atoms with Crippen molar-refractivity contribution < 1.29 is 35.4 Å². The van der Waals surface area contributed by atoms with Crippen LogP contribution < -0.4 is 10.5 Å². The summed E-state index contributed by atoms with van der Waals surface area (Å²) in [5.41, 5.74) is 6.70. The average Bonchev–Trinajstić information content (AvgIpc) is 2.73. The zero-order valence-electron chi connectivity index (χ0n) is 16.8. The Morgan fingerprint density at radius 2 is 1.38 bits per heavy atom. The van der Waals surface area contributed by atoms with Crippen molar-refractivity contribution in [3.63, 3.8) is 0 Å². The molecule has 1 rings (SSSR count). The van der Waals surface area contributed by atoms with Gasteiger partial charge < -0.3 is 41.1 Å². The van der Waals surface area contributed by atoms with Crippen LogP contribution in [0.25, 0.3) is 0 Å². The van der Waals surface area contributed by atoms with Gasteiger partial charge in [0.25, 0.3) is 0 Å². The molecule has 168 valence electrons. The van der Waals surface area contributed by atoms with Gasteiger partial charge in [0, 0.05) is 19.6 Å². The molecule has 9 heteroatoms. The molecule has 29 heavy (non-hydrogen) atoms. The Balaban J connectivity index is 2.55. The number of benzene rings is 1. The lowest BCUT2D eigenvalue weighted by Gasteiger charge is -2.29. The Hall–Kier alpha value is -1.30. The number of hydrogen-bond donors (Lipinski definition) is 7. The maximum absolute atomic E-state index is 9.94. The molecule has 0 saturated carbocycles. The smallest absolute Gasteiger partial charge is 0.119 e. The standard InChI is InChI=1S/C20H36N2O7/c21-8-2-1-3-15-4-6-16(7-5-15)29-10-9-22(11-17(25)19(27)13-23)12-18(26)20(28)14-24/h4-7,17-20,23-28H,1-3,8-14,21H2. The number of aryl methyl sites for hydroxylation is 1. The van der Waals surface area contributed by atoms with E-state index in [1.807, 2.05) is 24.3 Å². The third kappa shape index (κ3) is 10.3. The number of nitrogens with two attached hydrogens (primary N) is 1. The Bertz CT molecular complexity index is 514. The van der Waals surface area contributed by atoms with Gasteiger partial charge in [0.05, 0.1) is 25.4 Å². The molecule has 0 radical (unpaired) electrons. The average molecular weight is 417 g/mol. The van der Waals surface area contributed by atoms with Crippen LogP contribution in [0.2, 0.25) is 0 Å². The summed E-state index contributed by atoms with van der Waals surface area (Å²) in [5.74, 6) is 0.680. The summed E-state index contributed by atoms with van der Waals surface area (Å²) < 4.78 is 5.71. The topological polar surface area (TPSA) is 160 Å². The van der Waals surface area contributed by atoms with Crippen molar-refractivity contribution in [1.82, 2.24) is 4.90 Å². The van der Waals surface area contributed by atoms with E-state index in [1.165, 1.54) is 5.56 Å². The molecule has 0 bridgehead atoms. The van der Waals surface area contributed by atoms with Crippen LogP contribution in [-0.4, -0.2) is 106 Å². The summed E-state index contributed by atoms with van der Waals surface area (Å²) in [7, 11) is 0. The summed E-state index contributed by atoms with van der Waals surface area (Å²) in [4.78, 5) is 1.59. The van der Waals surface area contributed by atoms with E-state index in [2.05, 4.69) is 0 Å². The van der Waals surface area contributed by atoms with Gasteiger partial charge in [-0.25, -0.2) is 0 Å². The molecule has 0 heterocycles. The molecule has 0 aliphatic carbocycles. The predicted octanol–water partition coefficient (Wildman–Crippen LogP) is -1.92. The zero-order valence-corrected chi connectivity index (χ0v) is 16.8. The normalized spacial score (nSPS) is 15.9. The number of aliphatic hydroxyl groups is 6. The van der Waals surface area contributed by atoms with Crippen LogP contribution in [0.4, 0.5) is 0 Å². The molecule has 9 nitrogen and oxygen atoms in total. The minimum atomic E-state index is -1.31. The van der Waals surface area contributed by atoms with E-state index in [0.29, 0.717) is 18.8 Å². The Labute approximate surface area is 172 Å². The predicted molar refractivity (Wildman–Crippen MR) is 109 cm³/mol. The fraction of sp³-hybridized carbons (Fsp3) is 0.700. The number of rotatable bonds is 16. The molecule has 1 aromatic carbocycles. The van der Waals surface area contributed by atoms with Crippen LogP contribution >= 0.6 is 0 Å². The zero-order chi connectivity index (χ0) is 21.6. The number of aliphatic hydroxyl groups excluding tert-OH is 6. The van der Waals surface area contributed by atoms with E-state index in [1.54, 1.807) is 4.90 Å². The Morgan fingerprint density at radius 3 is 1.86 bits per heavy atom. The van der Waals surface area contributed by atoms with E-state index >= 15 is 0 Å². The highest BCUT2D eigenvalue weighted by atomic mass is 16.5. The number of nitrogens with zero attached hydrogens (tertiary/aromatic N) is 1. The highest BCUT2D eigenvalue weighted by molar-refractivity contribution is 5.27. The van der Waals surface area contributed by atoms with E-state index in [0.717, 1.165) is 19.3 Å². The van der Waals surface area contributed by atoms with Crippen molar-refractivity contribution >= 4 is 0 Å². The first kappa shape index (κ1) is 25.7. The monoisotopic (exact) mass is 416 g/mol. The highest BCUT2D eigenvalue weighted by Gasteiger charge is 2.23. The van der Waals surface area contributed by atoms with Crippen LogP contribution in [0.1, 0.15) is 18.4 Å². The van der Waals surface area contributed by atoms with Crippen LogP contribution in [0, 0.1) is 0 Å². The molecule has 4 atom stereocenters. The highest BCUT2D eigenvalue weighted by Crippen LogP contribution is 2.14. The summed E-state index contributed by atoms with van der Waals surface area (Å²) in [6.45, 7) is -0.0402. The molecule has 0 aliphatic heterocycles. The van der Waals surface area contributed by atoms with Crippen molar-refractivity contribution in [3.8, 4) is 5.75 Å². The fourth-order valence-electron chi connectivity index (χ4n) is 2.79. The van der Waals surface area contributed by atoms with Gasteiger partial charge >= 0.3 is 0 Å². The summed E-state index contributed by atoms with van der Waals surface area (Å²) >= 11 is 0. The molecule has 0 saturated heterocycles. The molecular formula is C20H36N2O7. The second kappa shape index (κ2) is 14.6. The third-order valence-corrected chi connectivity index (χ3v) is 4.67. The summed E-state index contributed by atoms with van der Waals surface area (Å²) in [5, 5.41) is 56.9. The van der Waals surface area contributed by atoms with Gasteiger partial charge in [-0.1, -0.05) is 12.1 Å². The van der Waals surface area contributed by atoms with E-state index in [-0.39, 0.29) is 19.7 Å². The molecule has 0 aliphatic rings. The first-order valence-corrected chi connectivity index (χ1v) is 9.99.